The number of carbonyl (C=O) groups excluding carboxylic acids is 3. The molecular formula is C14H17NO5. The lowest BCUT2D eigenvalue weighted by Gasteiger charge is -2.22. The summed E-state index contributed by atoms with van der Waals surface area (Å²) in [7, 11) is 1.19. The van der Waals surface area contributed by atoms with Crippen LogP contribution < -0.4 is 5.32 Å². The summed E-state index contributed by atoms with van der Waals surface area (Å²) in [6, 6.07) is 7.81. The molecule has 20 heavy (non-hydrogen) atoms. The zero-order chi connectivity index (χ0) is 15.1. The predicted octanol–water partition coefficient (Wildman–Crippen LogP) is 0.910. The normalized spacial score (nSPS) is 12.9. The lowest BCUT2D eigenvalue weighted by Crippen LogP contribution is -2.47. The van der Waals surface area contributed by atoms with Crippen LogP contribution in [0.1, 0.15) is 24.2 Å². The van der Waals surface area contributed by atoms with E-state index in [-0.39, 0.29) is 5.91 Å². The molecule has 0 saturated carbocycles. The molecule has 2 atom stereocenters. The number of esters is 2. The van der Waals surface area contributed by atoms with Crippen molar-refractivity contribution in [2.75, 3.05) is 7.11 Å². The van der Waals surface area contributed by atoms with Gasteiger partial charge < -0.3 is 14.8 Å². The molecule has 6 heteroatoms. The molecule has 1 rings (SSSR count). The fraction of sp³-hybridized carbons (Fsp3) is 0.357. The monoisotopic (exact) mass is 279 g/mol. The minimum atomic E-state index is -1.18. The van der Waals surface area contributed by atoms with Crippen molar-refractivity contribution in [1.82, 2.24) is 5.32 Å². The maximum Gasteiger partial charge on any atom is 0.349 e. The van der Waals surface area contributed by atoms with E-state index in [1.165, 1.54) is 14.0 Å². The third-order valence-electron chi connectivity index (χ3n) is 2.58. The summed E-state index contributed by atoms with van der Waals surface area (Å²) in [6.45, 7) is 2.74. The molecule has 0 aliphatic heterocycles. The Bertz CT molecular complexity index is 486. The number of carbonyl (C=O) groups is 3. The van der Waals surface area contributed by atoms with Crippen LogP contribution in [0.5, 0.6) is 0 Å². The average molecular weight is 279 g/mol. The van der Waals surface area contributed by atoms with Gasteiger partial charge in [0.25, 0.3) is 5.91 Å². The Balaban J connectivity index is 2.75. The van der Waals surface area contributed by atoms with Gasteiger partial charge in [-0.3, -0.25) is 9.59 Å². The minimum Gasteiger partial charge on any atom is -0.466 e. The second-order valence-corrected chi connectivity index (χ2v) is 4.18. The van der Waals surface area contributed by atoms with Crippen LogP contribution in [-0.2, 0) is 19.1 Å². The van der Waals surface area contributed by atoms with Gasteiger partial charge in [0.15, 0.2) is 0 Å². The number of methoxy groups -OCH3 is 1. The molecule has 1 amide bonds. The van der Waals surface area contributed by atoms with Crippen LogP contribution in [0.4, 0.5) is 0 Å². The fourth-order valence-electron chi connectivity index (χ4n) is 1.60. The molecule has 6 nitrogen and oxygen atoms in total. The zero-order valence-electron chi connectivity index (χ0n) is 11.6. The number of hydrogen-bond acceptors (Lipinski definition) is 5. The summed E-state index contributed by atoms with van der Waals surface area (Å²) >= 11 is 0. The van der Waals surface area contributed by atoms with Crippen molar-refractivity contribution in [2.24, 2.45) is 0 Å². The minimum absolute atomic E-state index is 0.362. The summed E-state index contributed by atoms with van der Waals surface area (Å²) in [6.07, 6.45) is -1.18. The van der Waals surface area contributed by atoms with Crippen molar-refractivity contribution >= 4 is 17.8 Å². The van der Waals surface area contributed by atoms with E-state index in [1.54, 1.807) is 37.3 Å². The van der Waals surface area contributed by atoms with Gasteiger partial charge in [0.2, 0.25) is 6.10 Å². The van der Waals surface area contributed by atoms with Gasteiger partial charge in [-0.05, 0) is 19.1 Å². The molecule has 0 spiro atoms. The van der Waals surface area contributed by atoms with Crippen molar-refractivity contribution in [3.05, 3.63) is 35.9 Å². The van der Waals surface area contributed by atoms with Gasteiger partial charge in [0, 0.05) is 12.5 Å². The topological polar surface area (TPSA) is 81.7 Å². The molecule has 1 N–H and O–H groups in total. The van der Waals surface area contributed by atoms with Gasteiger partial charge in [-0.25, -0.2) is 4.79 Å². The van der Waals surface area contributed by atoms with Gasteiger partial charge in [-0.2, -0.15) is 0 Å². The molecular weight excluding hydrogens is 262 g/mol. The SMILES string of the molecule is COC(=O)[C@H](OC(C)=O)[C@H](C)NC(=O)c1ccccc1. The van der Waals surface area contributed by atoms with Crippen LogP contribution in [0.3, 0.4) is 0 Å². The van der Waals surface area contributed by atoms with E-state index >= 15 is 0 Å². The highest BCUT2D eigenvalue weighted by Crippen LogP contribution is 2.05. The van der Waals surface area contributed by atoms with Crippen LogP contribution in [-0.4, -0.2) is 37.1 Å². The summed E-state index contributed by atoms with van der Waals surface area (Å²) in [5.41, 5.74) is 0.450. The molecule has 0 aliphatic carbocycles. The number of ether oxygens (including phenoxy) is 2. The maximum absolute atomic E-state index is 12.0. The highest BCUT2D eigenvalue weighted by atomic mass is 16.6. The molecule has 0 fully saturated rings. The second kappa shape index (κ2) is 7.28. The smallest absolute Gasteiger partial charge is 0.349 e. The third kappa shape index (κ3) is 4.38. The van der Waals surface area contributed by atoms with Crippen LogP contribution in [0.2, 0.25) is 0 Å². The van der Waals surface area contributed by atoms with Crippen molar-refractivity contribution in [3.63, 3.8) is 0 Å². The van der Waals surface area contributed by atoms with E-state index in [0.717, 1.165) is 0 Å². The van der Waals surface area contributed by atoms with Crippen molar-refractivity contribution in [2.45, 2.75) is 26.0 Å². The molecule has 0 saturated heterocycles. The maximum atomic E-state index is 12.0. The van der Waals surface area contributed by atoms with Crippen LogP contribution in [0.15, 0.2) is 30.3 Å². The van der Waals surface area contributed by atoms with E-state index in [4.69, 9.17) is 4.74 Å². The molecule has 1 aromatic rings. The molecule has 0 heterocycles. The second-order valence-electron chi connectivity index (χ2n) is 4.18. The van der Waals surface area contributed by atoms with Crippen molar-refractivity contribution in [3.8, 4) is 0 Å². The largest absolute Gasteiger partial charge is 0.466 e. The van der Waals surface area contributed by atoms with E-state index in [0.29, 0.717) is 5.56 Å². The number of hydrogen-bond donors (Lipinski definition) is 1. The van der Waals surface area contributed by atoms with Crippen LogP contribution >= 0.6 is 0 Å². The molecule has 0 radical (unpaired) electrons. The van der Waals surface area contributed by atoms with Crippen LogP contribution in [0.25, 0.3) is 0 Å². The number of benzene rings is 1. The van der Waals surface area contributed by atoms with Crippen molar-refractivity contribution in [1.29, 1.82) is 0 Å². The average Bonchev–Trinajstić information content (AvgIpc) is 2.44. The molecule has 0 unspecified atom stereocenters. The summed E-state index contributed by atoms with van der Waals surface area (Å²) < 4.78 is 9.43. The zero-order valence-corrected chi connectivity index (χ0v) is 11.6. The highest BCUT2D eigenvalue weighted by Gasteiger charge is 2.30. The Labute approximate surface area is 117 Å². The summed E-state index contributed by atoms with van der Waals surface area (Å²) in [4.78, 5) is 34.5. The highest BCUT2D eigenvalue weighted by molar-refractivity contribution is 5.94. The first kappa shape index (κ1) is 15.7. The summed E-state index contributed by atoms with van der Waals surface area (Å²) in [5.74, 6) is -1.71. The van der Waals surface area contributed by atoms with Gasteiger partial charge in [-0.1, -0.05) is 18.2 Å². The van der Waals surface area contributed by atoms with Gasteiger partial charge in [0.05, 0.1) is 13.2 Å². The standard InChI is InChI=1S/C14H17NO5/c1-9(12(14(18)19-3)20-10(2)16)15-13(17)11-7-5-4-6-8-11/h4-9,12H,1-3H3,(H,15,17)/t9-,12+/m0/s1. The van der Waals surface area contributed by atoms with E-state index in [1.807, 2.05) is 0 Å². The molecule has 0 aromatic heterocycles. The number of rotatable bonds is 5. The lowest BCUT2D eigenvalue weighted by molar-refractivity contribution is -0.166. The Kier molecular flexibility index (Phi) is 5.71. The Hall–Kier alpha value is -2.37. The van der Waals surface area contributed by atoms with E-state index in [2.05, 4.69) is 10.1 Å². The first-order chi connectivity index (χ1) is 9.45. The van der Waals surface area contributed by atoms with E-state index in [9.17, 15) is 14.4 Å². The lowest BCUT2D eigenvalue weighted by atomic mass is 10.1. The van der Waals surface area contributed by atoms with Gasteiger partial charge in [-0.15, -0.1) is 0 Å². The Morgan fingerprint density at radius 3 is 2.25 bits per heavy atom. The Morgan fingerprint density at radius 2 is 1.75 bits per heavy atom. The third-order valence-corrected chi connectivity index (χ3v) is 2.58. The van der Waals surface area contributed by atoms with Gasteiger partial charge >= 0.3 is 11.9 Å². The molecule has 0 aliphatic rings. The quantitative estimate of drug-likeness (QED) is 0.810. The van der Waals surface area contributed by atoms with Gasteiger partial charge in [0.1, 0.15) is 0 Å². The molecule has 1 aromatic carbocycles. The molecule has 108 valence electrons. The van der Waals surface area contributed by atoms with E-state index < -0.39 is 24.1 Å². The summed E-state index contributed by atoms with van der Waals surface area (Å²) in [5, 5.41) is 2.60. The van der Waals surface area contributed by atoms with Crippen LogP contribution in [0, 0.1) is 0 Å². The first-order valence-corrected chi connectivity index (χ1v) is 6.06. The first-order valence-electron chi connectivity index (χ1n) is 6.06. The molecule has 0 bridgehead atoms. The predicted molar refractivity (Wildman–Crippen MR) is 70.9 cm³/mol. The van der Waals surface area contributed by atoms with Crippen molar-refractivity contribution < 1.29 is 23.9 Å². The number of nitrogens with one attached hydrogen (secondary N) is 1. The fourth-order valence-corrected chi connectivity index (χ4v) is 1.60. The number of amides is 1. The Morgan fingerprint density at radius 1 is 1.15 bits per heavy atom.